The van der Waals surface area contributed by atoms with Crippen molar-refractivity contribution < 1.29 is 19.4 Å². The third-order valence-electron chi connectivity index (χ3n) is 1.85. The molecule has 0 radical (unpaired) electrons. The van der Waals surface area contributed by atoms with E-state index in [-0.39, 0.29) is 0 Å². The molecule has 1 nitrogen and oxygen atoms in total. The minimum absolute atomic E-state index is 0.361. The number of hydrogen-bond acceptors (Lipinski definition) is 1. The molecule has 0 aromatic heterocycles. The van der Waals surface area contributed by atoms with Crippen LogP contribution >= 0.6 is 10.2 Å². The lowest BCUT2D eigenvalue weighted by Gasteiger charge is -2.40. The van der Waals surface area contributed by atoms with E-state index >= 15 is 0 Å². The summed E-state index contributed by atoms with van der Waals surface area (Å²) in [6.45, 7) is 1.55. The highest BCUT2D eigenvalue weighted by Crippen LogP contribution is 3.02. The van der Waals surface area contributed by atoms with Crippen molar-refractivity contribution >= 4 is 10.2 Å². The third kappa shape index (κ3) is 3.07. The molecule has 0 aliphatic carbocycles. The van der Waals surface area contributed by atoms with Gasteiger partial charge in [-0.15, -0.1) is 0 Å². The lowest BCUT2D eigenvalue weighted by Crippen LogP contribution is -2.08. The zero-order valence-corrected chi connectivity index (χ0v) is 8.58. The monoisotopic (exact) mass is 247 g/mol. The maximum Gasteiger partial charge on any atom is 0.310 e. The summed E-state index contributed by atoms with van der Waals surface area (Å²) in [5, 5.41) is 0. The van der Waals surface area contributed by atoms with Gasteiger partial charge in [-0.25, -0.2) is 0 Å². The molecular formula is C8H10F5NS. The van der Waals surface area contributed by atoms with Gasteiger partial charge in [-0.3, -0.25) is 0 Å². The Morgan fingerprint density at radius 2 is 1.40 bits per heavy atom. The molecule has 0 aliphatic rings. The molecule has 0 heterocycles. The molecule has 0 saturated heterocycles. The van der Waals surface area contributed by atoms with Crippen LogP contribution in [0.1, 0.15) is 18.5 Å². The van der Waals surface area contributed by atoms with Gasteiger partial charge in [0.25, 0.3) is 0 Å². The first-order valence-electron chi connectivity index (χ1n) is 4.00. The van der Waals surface area contributed by atoms with E-state index in [4.69, 9.17) is 5.73 Å². The van der Waals surface area contributed by atoms with Gasteiger partial charge in [0, 0.05) is 6.04 Å². The fourth-order valence-corrected chi connectivity index (χ4v) is 1.68. The van der Waals surface area contributed by atoms with Gasteiger partial charge in [0.15, 0.2) is 0 Å². The average molecular weight is 247 g/mol. The number of nitrogens with two attached hydrogens (primary N) is 1. The van der Waals surface area contributed by atoms with Crippen molar-refractivity contribution in [2.24, 2.45) is 5.73 Å². The largest absolute Gasteiger partial charge is 0.324 e. The molecule has 2 N–H and O–H groups in total. The molecular weight excluding hydrogens is 237 g/mol. The molecule has 1 atom stereocenters. The van der Waals surface area contributed by atoms with E-state index in [0.717, 1.165) is 12.1 Å². The van der Waals surface area contributed by atoms with Crippen LogP contribution in [0.5, 0.6) is 0 Å². The van der Waals surface area contributed by atoms with Gasteiger partial charge >= 0.3 is 10.2 Å². The van der Waals surface area contributed by atoms with E-state index in [1.165, 1.54) is 0 Å². The minimum Gasteiger partial charge on any atom is -0.324 e. The second-order valence-corrected chi connectivity index (χ2v) is 5.74. The number of benzene rings is 1. The molecule has 0 saturated carbocycles. The Hall–Kier alpha value is -0.820. The highest BCUT2D eigenvalue weighted by atomic mass is 32.5. The molecule has 1 rings (SSSR count). The van der Waals surface area contributed by atoms with Crippen LogP contribution in [0.2, 0.25) is 0 Å². The minimum atomic E-state index is -9.53. The normalized spacial score (nSPS) is 19.1. The highest BCUT2D eigenvalue weighted by Gasteiger charge is 2.65. The van der Waals surface area contributed by atoms with Gasteiger partial charge in [0.2, 0.25) is 0 Å². The van der Waals surface area contributed by atoms with Gasteiger partial charge in [0.05, 0.1) is 0 Å². The quantitative estimate of drug-likeness (QED) is 0.772. The summed E-state index contributed by atoms with van der Waals surface area (Å²) in [5.41, 5.74) is 5.76. The van der Waals surface area contributed by atoms with Crippen LogP contribution in [0, 0.1) is 0 Å². The van der Waals surface area contributed by atoms with E-state index in [1.807, 2.05) is 0 Å². The smallest absolute Gasteiger partial charge is 0.310 e. The van der Waals surface area contributed by atoms with Crippen LogP contribution < -0.4 is 5.73 Å². The fourth-order valence-electron chi connectivity index (χ4n) is 1.03. The van der Waals surface area contributed by atoms with Gasteiger partial charge in [-0.05, 0) is 24.6 Å². The molecule has 15 heavy (non-hydrogen) atoms. The van der Waals surface area contributed by atoms with Crippen molar-refractivity contribution in [2.45, 2.75) is 17.9 Å². The first-order valence-corrected chi connectivity index (χ1v) is 5.95. The molecule has 0 amide bonds. The van der Waals surface area contributed by atoms with Crippen molar-refractivity contribution in [3.8, 4) is 0 Å². The molecule has 1 aromatic carbocycles. The molecule has 0 fully saturated rings. The Balaban J connectivity index is 3.23. The molecule has 0 bridgehead atoms. The summed E-state index contributed by atoms with van der Waals surface area (Å²) in [5.74, 6) is 0. The first kappa shape index (κ1) is 12.3. The highest BCUT2D eigenvalue weighted by molar-refractivity contribution is 8.45. The Bertz CT molecular complexity index is 365. The van der Waals surface area contributed by atoms with Crippen LogP contribution in [0.15, 0.2) is 29.2 Å². The average Bonchev–Trinajstić information content (AvgIpc) is 2.00. The van der Waals surface area contributed by atoms with Crippen LogP contribution in [0.3, 0.4) is 0 Å². The van der Waals surface area contributed by atoms with Gasteiger partial charge in [-0.2, -0.15) is 0 Å². The third-order valence-corrected chi connectivity index (χ3v) is 3.01. The summed E-state index contributed by atoms with van der Waals surface area (Å²) in [6, 6.07) is 2.15. The number of halogens is 5. The zero-order valence-electron chi connectivity index (χ0n) is 7.76. The second-order valence-electron chi connectivity index (χ2n) is 3.33. The molecule has 0 aliphatic heterocycles. The zero-order chi connectivity index (χ0) is 12.0. The van der Waals surface area contributed by atoms with Crippen molar-refractivity contribution in [2.75, 3.05) is 0 Å². The molecule has 0 spiro atoms. The topological polar surface area (TPSA) is 26.0 Å². The Morgan fingerprint density at radius 3 is 1.67 bits per heavy atom. The van der Waals surface area contributed by atoms with E-state index in [0.29, 0.717) is 17.7 Å². The van der Waals surface area contributed by atoms with E-state index in [9.17, 15) is 19.4 Å². The van der Waals surface area contributed by atoms with Crippen molar-refractivity contribution in [1.29, 1.82) is 0 Å². The number of rotatable bonds is 2. The Kier molecular flexibility index (Phi) is 2.16. The fraction of sp³-hybridized carbons (Fsp3) is 0.250. The summed E-state index contributed by atoms with van der Waals surface area (Å²) in [6.07, 6.45) is 0. The van der Waals surface area contributed by atoms with Crippen molar-refractivity contribution in [3.63, 3.8) is 0 Å². The second kappa shape index (κ2) is 2.65. The lowest BCUT2D eigenvalue weighted by atomic mass is 10.1. The van der Waals surface area contributed by atoms with E-state index in [1.54, 1.807) is 6.92 Å². The molecule has 1 aromatic rings. The van der Waals surface area contributed by atoms with E-state index < -0.39 is 21.2 Å². The molecule has 7 heteroatoms. The van der Waals surface area contributed by atoms with Gasteiger partial charge in [0.1, 0.15) is 4.90 Å². The van der Waals surface area contributed by atoms with Gasteiger partial charge in [-0.1, -0.05) is 31.6 Å². The lowest BCUT2D eigenvalue weighted by molar-refractivity contribution is 0.364. The summed E-state index contributed by atoms with van der Waals surface area (Å²) in [7, 11) is -9.53. The Morgan fingerprint density at radius 1 is 1.00 bits per heavy atom. The van der Waals surface area contributed by atoms with Crippen LogP contribution in [-0.2, 0) is 0 Å². The molecule has 1 unspecified atom stereocenters. The van der Waals surface area contributed by atoms with Crippen molar-refractivity contribution in [3.05, 3.63) is 29.8 Å². The van der Waals surface area contributed by atoms with Crippen LogP contribution in [0.25, 0.3) is 0 Å². The SMILES string of the molecule is CC(N)c1ccc(S(F)(F)(F)(F)F)cc1. The van der Waals surface area contributed by atoms with Gasteiger partial charge < -0.3 is 5.73 Å². The number of hydrogen-bond donors (Lipinski definition) is 1. The maximum atomic E-state index is 12.2. The standard InChI is InChI=1S/C8H10F5NS/c1-6(14)7-2-4-8(5-3-7)15(9,10,11,12)13/h2-6H,14H2,1H3. The Labute approximate surface area is 83.8 Å². The first-order chi connectivity index (χ1) is 6.40. The maximum absolute atomic E-state index is 12.2. The summed E-state index contributed by atoms with van der Waals surface area (Å²) >= 11 is 0. The predicted molar refractivity (Wildman–Crippen MR) is 50.4 cm³/mol. The van der Waals surface area contributed by atoms with Crippen molar-refractivity contribution in [1.82, 2.24) is 0 Å². The summed E-state index contributed by atoms with van der Waals surface area (Å²) in [4.78, 5) is -1.89. The predicted octanol–water partition coefficient (Wildman–Crippen LogP) is 4.36. The summed E-state index contributed by atoms with van der Waals surface area (Å²) < 4.78 is 61.2. The van der Waals surface area contributed by atoms with Crippen LogP contribution in [-0.4, -0.2) is 0 Å². The molecule has 88 valence electrons. The van der Waals surface area contributed by atoms with Crippen LogP contribution in [0.4, 0.5) is 19.4 Å². The van der Waals surface area contributed by atoms with E-state index in [2.05, 4.69) is 0 Å².